The van der Waals surface area contributed by atoms with Crippen LogP contribution in [0.2, 0.25) is 0 Å². The number of amides is 2. The Morgan fingerprint density at radius 3 is 2.54 bits per heavy atom. The van der Waals surface area contributed by atoms with E-state index in [9.17, 15) is 27.2 Å². The summed E-state index contributed by atoms with van der Waals surface area (Å²) in [7, 11) is 1.56. The minimum Gasteiger partial charge on any atom is -0.467 e. The Bertz CT molecular complexity index is 1330. The number of hydrogen-bond acceptors (Lipinski definition) is 6. The van der Waals surface area contributed by atoms with Crippen molar-refractivity contribution in [1.29, 1.82) is 0 Å². The van der Waals surface area contributed by atoms with Crippen molar-refractivity contribution in [2.24, 2.45) is 7.05 Å². The molecular weight excluding hydrogens is 476 g/mol. The molecular formula is C21H18F4N6O4. The quantitative estimate of drug-likeness (QED) is 0.341. The Morgan fingerprint density at radius 2 is 1.86 bits per heavy atom. The molecule has 4 heterocycles. The average Bonchev–Trinajstić information content (AvgIpc) is 3.59. The highest BCUT2D eigenvalue weighted by atomic mass is 19.3. The van der Waals surface area contributed by atoms with Crippen molar-refractivity contribution < 1.29 is 36.0 Å². The molecule has 4 aromatic heterocycles. The highest BCUT2D eigenvalue weighted by Gasteiger charge is 2.23. The van der Waals surface area contributed by atoms with Crippen molar-refractivity contribution in [1.82, 2.24) is 24.9 Å². The zero-order valence-electron chi connectivity index (χ0n) is 18.0. The molecule has 0 aromatic carbocycles. The van der Waals surface area contributed by atoms with Gasteiger partial charge in [-0.2, -0.15) is 10.2 Å². The molecule has 0 saturated heterocycles. The molecule has 4 aromatic rings. The molecule has 14 heteroatoms. The van der Waals surface area contributed by atoms with Gasteiger partial charge in [0.2, 0.25) is 0 Å². The summed E-state index contributed by atoms with van der Waals surface area (Å²) < 4.78 is 64.6. The van der Waals surface area contributed by atoms with Crippen LogP contribution >= 0.6 is 0 Å². The number of aryl methyl sites for hydroxylation is 1. The predicted octanol–water partition coefficient (Wildman–Crippen LogP) is 3.91. The highest BCUT2D eigenvalue weighted by molar-refractivity contribution is 6.07. The van der Waals surface area contributed by atoms with Crippen LogP contribution in [0.1, 0.15) is 56.8 Å². The third-order valence-corrected chi connectivity index (χ3v) is 4.76. The van der Waals surface area contributed by atoms with E-state index in [0.717, 1.165) is 0 Å². The van der Waals surface area contributed by atoms with E-state index in [1.807, 2.05) is 0 Å². The summed E-state index contributed by atoms with van der Waals surface area (Å²) in [6, 6.07) is 6.57. The normalized spacial score (nSPS) is 11.4. The number of alkyl halides is 4. The van der Waals surface area contributed by atoms with Crippen LogP contribution in [-0.4, -0.2) is 31.4 Å². The van der Waals surface area contributed by atoms with Crippen molar-refractivity contribution in [3.63, 3.8) is 0 Å². The van der Waals surface area contributed by atoms with Crippen molar-refractivity contribution in [2.75, 3.05) is 5.32 Å². The number of hydrogen-bond donors (Lipinski definition) is 2. The van der Waals surface area contributed by atoms with E-state index < -0.39 is 42.6 Å². The minimum atomic E-state index is -3.03. The fourth-order valence-corrected chi connectivity index (χ4v) is 3.19. The first kappa shape index (κ1) is 23.8. The van der Waals surface area contributed by atoms with Crippen LogP contribution in [0.3, 0.4) is 0 Å². The molecule has 0 atom stereocenters. The van der Waals surface area contributed by atoms with E-state index in [2.05, 4.69) is 20.8 Å². The third-order valence-electron chi connectivity index (χ3n) is 4.76. The SMILES string of the molecule is Cn1cc(NC(=O)c2ccc(Cn3nc(C(F)F)cc3C(F)F)o2)c(C(=O)NCc2ccco2)n1. The standard InChI is InChI=1S/C21H18F4N6O4/c1-30-10-14(17(29-30)21(33)26-8-11-3-2-6-34-11)27-20(32)16-5-4-12(35-16)9-31-15(19(24)25)7-13(28-31)18(22)23/h2-7,10,18-19H,8-9H2,1H3,(H,26,33)(H,27,32). The molecule has 0 aliphatic heterocycles. The zero-order valence-corrected chi connectivity index (χ0v) is 18.0. The minimum absolute atomic E-state index is 0.0311. The molecule has 0 aliphatic carbocycles. The Morgan fingerprint density at radius 1 is 1.06 bits per heavy atom. The largest absolute Gasteiger partial charge is 0.467 e. The smallest absolute Gasteiger partial charge is 0.291 e. The van der Waals surface area contributed by atoms with Crippen LogP contribution in [-0.2, 0) is 20.1 Å². The lowest BCUT2D eigenvalue weighted by molar-refractivity contribution is 0.0943. The fraction of sp³-hybridized carbons (Fsp3) is 0.238. The summed E-state index contributed by atoms with van der Waals surface area (Å²) in [4.78, 5) is 25.2. The van der Waals surface area contributed by atoms with E-state index in [1.54, 1.807) is 19.2 Å². The molecule has 0 spiro atoms. The monoisotopic (exact) mass is 494 g/mol. The summed E-state index contributed by atoms with van der Waals surface area (Å²) in [5.74, 6) is -0.956. The third kappa shape index (κ3) is 5.42. The molecule has 35 heavy (non-hydrogen) atoms. The van der Waals surface area contributed by atoms with E-state index >= 15 is 0 Å². The average molecular weight is 494 g/mol. The van der Waals surface area contributed by atoms with Crippen LogP contribution in [0.4, 0.5) is 23.2 Å². The van der Waals surface area contributed by atoms with Gasteiger partial charge in [-0.1, -0.05) is 0 Å². The molecule has 4 rings (SSSR count). The van der Waals surface area contributed by atoms with Crippen molar-refractivity contribution in [3.8, 4) is 0 Å². The maximum atomic E-state index is 13.2. The zero-order chi connectivity index (χ0) is 25.1. The Kier molecular flexibility index (Phi) is 6.71. The molecule has 0 aliphatic rings. The lowest BCUT2D eigenvalue weighted by Crippen LogP contribution is -2.25. The number of furan rings is 2. The van der Waals surface area contributed by atoms with Crippen LogP contribution in [0.25, 0.3) is 0 Å². The van der Waals surface area contributed by atoms with Gasteiger partial charge in [-0.15, -0.1) is 0 Å². The predicted molar refractivity (Wildman–Crippen MR) is 111 cm³/mol. The van der Waals surface area contributed by atoms with Crippen molar-refractivity contribution in [2.45, 2.75) is 25.9 Å². The topological polar surface area (TPSA) is 120 Å². The van der Waals surface area contributed by atoms with Gasteiger partial charge in [-0.05, 0) is 30.3 Å². The van der Waals surface area contributed by atoms with Gasteiger partial charge in [0.1, 0.15) is 22.9 Å². The molecule has 2 amide bonds. The van der Waals surface area contributed by atoms with Gasteiger partial charge in [0.25, 0.3) is 24.7 Å². The Hall–Kier alpha value is -4.36. The molecule has 10 nitrogen and oxygen atoms in total. The summed E-state index contributed by atoms with van der Waals surface area (Å²) in [6.45, 7) is -0.286. The van der Waals surface area contributed by atoms with Crippen LogP contribution in [0.5, 0.6) is 0 Å². The number of aromatic nitrogens is 4. The van der Waals surface area contributed by atoms with Gasteiger partial charge >= 0.3 is 0 Å². The van der Waals surface area contributed by atoms with E-state index in [-0.39, 0.29) is 29.4 Å². The summed E-state index contributed by atoms with van der Waals surface area (Å²) in [5.41, 5.74) is -1.46. The number of halogens is 4. The number of carbonyl (C=O) groups excluding carboxylic acids is 2. The first-order valence-corrected chi connectivity index (χ1v) is 10.1. The van der Waals surface area contributed by atoms with Gasteiger partial charge in [-0.25, -0.2) is 17.6 Å². The van der Waals surface area contributed by atoms with Crippen molar-refractivity contribution >= 4 is 17.5 Å². The van der Waals surface area contributed by atoms with Gasteiger partial charge in [0, 0.05) is 13.2 Å². The van der Waals surface area contributed by atoms with Crippen LogP contribution < -0.4 is 10.6 Å². The second kappa shape index (κ2) is 9.87. The van der Waals surface area contributed by atoms with E-state index in [1.165, 1.54) is 29.3 Å². The number of rotatable bonds is 9. The van der Waals surface area contributed by atoms with Crippen molar-refractivity contribution in [3.05, 3.63) is 77.2 Å². The van der Waals surface area contributed by atoms with Gasteiger partial charge in [0.05, 0.1) is 25.0 Å². The molecule has 0 saturated carbocycles. The van der Waals surface area contributed by atoms with Crippen LogP contribution in [0, 0.1) is 0 Å². The number of carbonyl (C=O) groups is 2. The number of nitrogens with one attached hydrogen (secondary N) is 2. The van der Waals surface area contributed by atoms with Gasteiger partial charge < -0.3 is 19.5 Å². The summed E-state index contributed by atoms with van der Waals surface area (Å²) in [5, 5.41) is 12.6. The lowest BCUT2D eigenvalue weighted by Gasteiger charge is -2.05. The molecule has 0 radical (unpaired) electrons. The van der Waals surface area contributed by atoms with Crippen LogP contribution in [0.15, 0.2) is 51.6 Å². The molecule has 2 N–H and O–H groups in total. The molecule has 184 valence electrons. The molecule has 0 fully saturated rings. The van der Waals surface area contributed by atoms with Gasteiger partial charge in [0.15, 0.2) is 11.5 Å². The lowest BCUT2D eigenvalue weighted by atomic mass is 10.3. The first-order chi connectivity index (χ1) is 16.7. The van der Waals surface area contributed by atoms with E-state index in [4.69, 9.17) is 8.83 Å². The Labute approximate surface area is 194 Å². The van der Waals surface area contributed by atoms with E-state index in [0.29, 0.717) is 16.5 Å². The highest BCUT2D eigenvalue weighted by Crippen LogP contribution is 2.26. The first-order valence-electron chi connectivity index (χ1n) is 10.1. The second-order valence-corrected chi connectivity index (χ2v) is 7.30. The maximum Gasteiger partial charge on any atom is 0.291 e. The summed E-state index contributed by atoms with van der Waals surface area (Å²) >= 11 is 0. The maximum absolute atomic E-state index is 13.2. The van der Waals surface area contributed by atoms with Gasteiger partial charge in [-0.3, -0.25) is 19.0 Å². The number of anilines is 1. The Balaban J connectivity index is 1.45. The number of nitrogens with zero attached hydrogens (tertiary/aromatic N) is 4. The molecule has 0 unspecified atom stereocenters. The summed E-state index contributed by atoms with van der Waals surface area (Å²) in [6.07, 6.45) is -3.18. The molecule has 0 bridgehead atoms. The fourth-order valence-electron chi connectivity index (χ4n) is 3.19. The second-order valence-electron chi connectivity index (χ2n) is 7.30.